The van der Waals surface area contributed by atoms with Crippen molar-refractivity contribution in [2.24, 2.45) is 5.92 Å². The Morgan fingerprint density at radius 1 is 0.909 bits per heavy atom. The van der Waals surface area contributed by atoms with E-state index in [1.807, 2.05) is 12.3 Å². The Bertz CT molecular complexity index is 1030. The summed E-state index contributed by atoms with van der Waals surface area (Å²) >= 11 is 0. The van der Waals surface area contributed by atoms with E-state index in [9.17, 15) is 13.2 Å². The van der Waals surface area contributed by atoms with E-state index < -0.39 is 11.7 Å². The van der Waals surface area contributed by atoms with Gasteiger partial charge in [-0.05, 0) is 66.6 Å². The Kier molecular flexibility index (Phi) is 7.59. The average molecular weight is 455 g/mol. The van der Waals surface area contributed by atoms with Gasteiger partial charge < -0.3 is 4.57 Å². The second kappa shape index (κ2) is 10.6. The summed E-state index contributed by atoms with van der Waals surface area (Å²) in [5.74, 6) is 0.717. The zero-order valence-corrected chi connectivity index (χ0v) is 19.3. The van der Waals surface area contributed by atoms with Gasteiger partial charge in [-0.3, -0.25) is 4.90 Å². The van der Waals surface area contributed by atoms with Crippen LogP contribution >= 0.6 is 0 Å². The standard InChI is InChI=1S/C28H33F3N2/c1-22-9-5-6-13-25(22)20-32(18-23-10-3-2-4-11-23)21-27-15-8-16-33(27)19-24-12-7-14-26(17-24)28(29,30)31/h5-9,12-17,23H,2-4,10-11,18-21H2,1H3. The Labute approximate surface area is 195 Å². The summed E-state index contributed by atoms with van der Waals surface area (Å²) in [5, 5.41) is 0. The van der Waals surface area contributed by atoms with Crippen LogP contribution in [0.25, 0.3) is 0 Å². The average Bonchev–Trinajstić information content (AvgIpc) is 3.22. The fourth-order valence-electron chi connectivity index (χ4n) is 4.97. The minimum absolute atomic E-state index is 0.438. The lowest BCUT2D eigenvalue weighted by Crippen LogP contribution is -2.31. The molecule has 0 aliphatic heterocycles. The molecule has 2 nitrogen and oxygen atoms in total. The third-order valence-electron chi connectivity index (χ3n) is 6.81. The molecule has 1 aliphatic rings. The molecule has 1 heterocycles. The number of benzene rings is 2. The molecule has 0 N–H and O–H groups in total. The van der Waals surface area contributed by atoms with Crippen molar-refractivity contribution in [3.63, 3.8) is 0 Å². The fraction of sp³-hybridized carbons (Fsp3) is 0.429. The van der Waals surface area contributed by atoms with Crippen molar-refractivity contribution in [2.45, 2.75) is 64.8 Å². The van der Waals surface area contributed by atoms with E-state index in [2.05, 4.69) is 46.7 Å². The highest BCUT2D eigenvalue weighted by atomic mass is 19.4. The highest BCUT2D eigenvalue weighted by Gasteiger charge is 2.30. The number of aryl methyl sites for hydroxylation is 1. The van der Waals surface area contributed by atoms with Gasteiger partial charge in [0.2, 0.25) is 0 Å². The van der Waals surface area contributed by atoms with Gasteiger partial charge in [-0.1, -0.05) is 55.7 Å². The number of nitrogens with zero attached hydrogens (tertiary/aromatic N) is 2. The van der Waals surface area contributed by atoms with Crippen LogP contribution in [0.4, 0.5) is 13.2 Å². The molecule has 176 valence electrons. The lowest BCUT2D eigenvalue weighted by molar-refractivity contribution is -0.137. The second-order valence-electron chi connectivity index (χ2n) is 9.43. The monoisotopic (exact) mass is 454 g/mol. The summed E-state index contributed by atoms with van der Waals surface area (Å²) in [5.41, 5.74) is 3.85. The third-order valence-corrected chi connectivity index (χ3v) is 6.81. The molecule has 0 bridgehead atoms. The molecule has 5 heteroatoms. The highest BCUT2D eigenvalue weighted by Crippen LogP contribution is 2.30. The maximum Gasteiger partial charge on any atom is 0.416 e. The smallest absolute Gasteiger partial charge is 0.346 e. The van der Waals surface area contributed by atoms with Gasteiger partial charge in [0.1, 0.15) is 0 Å². The minimum Gasteiger partial charge on any atom is -0.346 e. The molecule has 0 radical (unpaired) electrons. The molecule has 0 saturated heterocycles. The molecule has 0 spiro atoms. The van der Waals surface area contributed by atoms with Crippen LogP contribution < -0.4 is 0 Å². The topological polar surface area (TPSA) is 8.17 Å². The van der Waals surface area contributed by atoms with Gasteiger partial charge in [0.05, 0.1) is 5.56 Å². The zero-order chi connectivity index (χ0) is 23.3. The van der Waals surface area contributed by atoms with Gasteiger partial charge >= 0.3 is 6.18 Å². The summed E-state index contributed by atoms with van der Waals surface area (Å²) in [6.07, 6.45) is 4.20. The lowest BCUT2D eigenvalue weighted by atomic mass is 9.88. The second-order valence-corrected chi connectivity index (χ2v) is 9.43. The molecule has 1 aromatic heterocycles. The molecular weight excluding hydrogens is 421 g/mol. The maximum absolute atomic E-state index is 13.1. The summed E-state index contributed by atoms with van der Waals surface area (Å²) in [6.45, 7) is 5.33. The van der Waals surface area contributed by atoms with Crippen molar-refractivity contribution in [3.05, 3.63) is 94.8 Å². The van der Waals surface area contributed by atoms with Crippen LogP contribution in [0.15, 0.2) is 66.9 Å². The number of halogens is 3. The Morgan fingerprint density at radius 3 is 2.45 bits per heavy atom. The van der Waals surface area contributed by atoms with Gasteiger partial charge in [0, 0.05) is 38.1 Å². The molecule has 2 aromatic carbocycles. The van der Waals surface area contributed by atoms with E-state index in [0.29, 0.717) is 12.1 Å². The Hall–Kier alpha value is -2.53. The first-order chi connectivity index (χ1) is 15.9. The van der Waals surface area contributed by atoms with Gasteiger partial charge in [0.25, 0.3) is 0 Å². The van der Waals surface area contributed by atoms with Crippen LogP contribution in [0, 0.1) is 12.8 Å². The number of aromatic nitrogens is 1. The van der Waals surface area contributed by atoms with Gasteiger partial charge in [-0.25, -0.2) is 0 Å². The summed E-state index contributed by atoms with van der Waals surface area (Å²) in [7, 11) is 0. The lowest BCUT2D eigenvalue weighted by Gasteiger charge is -2.30. The molecule has 1 aliphatic carbocycles. The van der Waals surface area contributed by atoms with E-state index in [1.165, 1.54) is 55.4 Å². The summed E-state index contributed by atoms with van der Waals surface area (Å²) < 4.78 is 41.5. The Balaban J connectivity index is 1.52. The van der Waals surface area contributed by atoms with Crippen LogP contribution in [-0.4, -0.2) is 16.0 Å². The molecule has 0 unspecified atom stereocenters. The molecule has 4 rings (SSSR count). The number of rotatable bonds is 8. The van der Waals surface area contributed by atoms with Crippen molar-refractivity contribution in [2.75, 3.05) is 6.54 Å². The van der Waals surface area contributed by atoms with Crippen LogP contribution in [0.5, 0.6) is 0 Å². The molecule has 0 atom stereocenters. The van der Waals surface area contributed by atoms with Crippen LogP contribution in [-0.2, 0) is 25.8 Å². The predicted octanol–water partition coefficient (Wildman–Crippen LogP) is 7.45. The van der Waals surface area contributed by atoms with E-state index >= 15 is 0 Å². The van der Waals surface area contributed by atoms with Crippen molar-refractivity contribution in [1.82, 2.24) is 9.47 Å². The Morgan fingerprint density at radius 2 is 1.70 bits per heavy atom. The summed E-state index contributed by atoms with van der Waals surface area (Å²) in [4.78, 5) is 2.52. The van der Waals surface area contributed by atoms with Gasteiger partial charge in [-0.15, -0.1) is 0 Å². The molecule has 1 saturated carbocycles. The van der Waals surface area contributed by atoms with Crippen molar-refractivity contribution in [1.29, 1.82) is 0 Å². The zero-order valence-electron chi connectivity index (χ0n) is 19.3. The van der Waals surface area contributed by atoms with E-state index in [1.54, 1.807) is 6.07 Å². The van der Waals surface area contributed by atoms with E-state index in [4.69, 9.17) is 0 Å². The molecule has 33 heavy (non-hydrogen) atoms. The minimum atomic E-state index is -4.32. The maximum atomic E-state index is 13.1. The molecular formula is C28H33F3N2. The number of hydrogen-bond acceptors (Lipinski definition) is 1. The van der Waals surface area contributed by atoms with Crippen molar-refractivity contribution < 1.29 is 13.2 Å². The van der Waals surface area contributed by atoms with Crippen LogP contribution in [0.2, 0.25) is 0 Å². The van der Waals surface area contributed by atoms with E-state index in [-0.39, 0.29) is 0 Å². The fourth-order valence-corrected chi connectivity index (χ4v) is 4.97. The number of hydrogen-bond donors (Lipinski definition) is 0. The van der Waals surface area contributed by atoms with Crippen molar-refractivity contribution in [3.8, 4) is 0 Å². The predicted molar refractivity (Wildman–Crippen MR) is 127 cm³/mol. The number of alkyl halides is 3. The van der Waals surface area contributed by atoms with Crippen LogP contribution in [0.1, 0.15) is 60.1 Å². The normalized spacial score (nSPS) is 15.3. The van der Waals surface area contributed by atoms with E-state index in [0.717, 1.165) is 37.3 Å². The first-order valence-corrected chi connectivity index (χ1v) is 12.0. The SMILES string of the molecule is Cc1ccccc1CN(Cc1cccn1Cc1cccc(C(F)(F)F)c1)CC1CCCCC1. The first kappa shape index (κ1) is 23.6. The molecule has 1 fully saturated rings. The highest BCUT2D eigenvalue weighted by molar-refractivity contribution is 5.27. The summed E-state index contributed by atoms with van der Waals surface area (Å²) in [6, 6.07) is 18.3. The van der Waals surface area contributed by atoms with Crippen molar-refractivity contribution >= 4 is 0 Å². The molecule has 0 amide bonds. The molecule has 3 aromatic rings. The first-order valence-electron chi connectivity index (χ1n) is 12.0. The quantitative estimate of drug-likeness (QED) is 0.343. The van der Waals surface area contributed by atoms with Gasteiger partial charge in [-0.2, -0.15) is 13.2 Å². The third kappa shape index (κ3) is 6.50. The van der Waals surface area contributed by atoms with Gasteiger partial charge in [0.15, 0.2) is 0 Å². The largest absolute Gasteiger partial charge is 0.416 e. The van der Waals surface area contributed by atoms with Crippen LogP contribution in [0.3, 0.4) is 0 Å².